The molecule has 0 saturated carbocycles. The number of hydrogen-bond donors (Lipinski definition) is 2. The van der Waals surface area contributed by atoms with Gasteiger partial charge in [0.15, 0.2) is 5.82 Å². The number of thioether (sulfide) groups is 1. The molecular formula is C18H16Cl2N6O3S. The van der Waals surface area contributed by atoms with Crippen molar-refractivity contribution in [2.45, 2.75) is 24.1 Å². The van der Waals surface area contributed by atoms with Crippen molar-refractivity contribution in [1.82, 2.24) is 15.0 Å². The topological polar surface area (TPSA) is 117 Å². The van der Waals surface area contributed by atoms with Gasteiger partial charge in [-0.1, -0.05) is 37.0 Å². The monoisotopic (exact) mass is 466 g/mol. The first kappa shape index (κ1) is 22.0. The van der Waals surface area contributed by atoms with E-state index in [1.807, 2.05) is 13.8 Å². The van der Waals surface area contributed by atoms with E-state index in [9.17, 15) is 15.3 Å². The number of nitrogens with zero attached hydrogens (tertiary/aromatic N) is 5. The number of rotatable bonds is 7. The van der Waals surface area contributed by atoms with Crippen molar-refractivity contribution in [3.05, 3.63) is 62.9 Å². The van der Waals surface area contributed by atoms with Gasteiger partial charge in [0, 0.05) is 23.6 Å². The average molecular weight is 467 g/mol. The highest BCUT2D eigenvalue weighted by Gasteiger charge is 2.19. The van der Waals surface area contributed by atoms with Crippen molar-refractivity contribution < 1.29 is 10.1 Å². The third kappa shape index (κ3) is 5.08. The smallest absolute Gasteiger partial charge is 0.271 e. The molecule has 9 nitrogen and oxygen atoms in total. The fourth-order valence-corrected chi connectivity index (χ4v) is 3.61. The van der Waals surface area contributed by atoms with Crippen LogP contribution in [-0.4, -0.2) is 30.3 Å². The summed E-state index contributed by atoms with van der Waals surface area (Å²) in [5.74, 6) is 0.122. The molecule has 156 valence electrons. The largest absolute Gasteiger partial charge is 0.323 e. The van der Waals surface area contributed by atoms with Crippen LogP contribution in [0.3, 0.4) is 0 Å². The molecule has 0 amide bonds. The highest BCUT2D eigenvalue weighted by Crippen LogP contribution is 2.36. The molecule has 0 spiro atoms. The Labute approximate surface area is 186 Å². The summed E-state index contributed by atoms with van der Waals surface area (Å²) in [6.45, 7) is 4.02. The Kier molecular flexibility index (Phi) is 6.93. The van der Waals surface area contributed by atoms with Crippen LogP contribution in [0.15, 0.2) is 47.8 Å². The molecule has 0 aliphatic rings. The number of nitrogens with one attached hydrogen (secondary N) is 1. The minimum Gasteiger partial charge on any atom is -0.323 e. The van der Waals surface area contributed by atoms with Crippen molar-refractivity contribution >= 4 is 63.8 Å². The summed E-state index contributed by atoms with van der Waals surface area (Å²) < 4.78 is 0. The molecule has 0 aliphatic heterocycles. The molecule has 1 aromatic carbocycles. The molecule has 3 aromatic rings. The first-order chi connectivity index (χ1) is 14.3. The van der Waals surface area contributed by atoms with E-state index < -0.39 is 4.92 Å². The number of pyridine rings is 1. The summed E-state index contributed by atoms with van der Waals surface area (Å²) in [7, 11) is 0. The predicted octanol–water partition coefficient (Wildman–Crippen LogP) is 5.86. The zero-order chi connectivity index (χ0) is 21.8. The van der Waals surface area contributed by atoms with E-state index >= 15 is 0 Å². The second kappa shape index (κ2) is 9.43. The van der Waals surface area contributed by atoms with E-state index in [0.717, 1.165) is 5.06 Å². The fourth-order valence-electron chi connectivity index (χ4n) is 2.38. The lowest BCUT2D eigenvalue weighted by atomic mass is 10.3. The maximum absolute atomic E-state index is 10.9. The van der Waals surface area contributed by atoms with E-state index in [4.69, 9.17) is 23.2 Å². The molecule has 12 heteroatoms. The lowest BCUT2D eigenvalue weighted by Gasteiger charge is -2.20. The third-order valence-corrected chi connectivity index (χ3v) is 5.25. The Hall–Kier alpha value is -2.66. The lowest BCUT2D eigenvalue weighted by molar-refractivity contribution is -0.384. The Morgan fingerprint density at radius 1 is 1.23 bits per heavy atom. The van der Waals surface area contributed by atoms with Gasteiger partial charge in [0.2, 0.25) is 5.95 Å². The third-order valence-electron chi connectivity index (χ3n) is 3.66. The molecule has 0 radical (unpaired) electrons. The second-order valence-electron chi connectivity index (χ2n) is 6.22. The first-order valence-electron chi connectivity index (χ1n) is 8.60. The SMILES string of the molecule is CC(C)Sc1ncccc1N(O)c1nc(Nc2ccc([N+](=O)[O-])cc2Cl)ncc1Cl. The maximum atomic E-state index is 10.9. The molecule has 2 aromatic heterocycles. The summed E-state index contributed by atoms with van der Waals surface area (Å²) >= 11 is 13.8. The van der Waals surface area contributed by atoms with Gasteiger partial charge in [-0.2, -0.15) is 4.98 Å². The van der Waals surface area contributed by atoms with Crippen molar-refractivity contribution in [2.24, 2.45) is 0 Å². The van der Waals surface area contributed by atoms with E-state index in [0.29, 0.717) is 16.4 Å². The van der Waals surface area contributed by atoms with Gasteiger partial charge < -0.3 is 5.32 Å². The molecule has 0 fully saturated rings. The normalized spacial score (nSPS) is 10.9. The van der Waals surface area contributed by atoms with Crippen LogP contribution in [0.25, 0.3) is 0 Å². The highest BCUT2D eigenvalue weighted by molar-refractivity contribution is 7.99. The number of halogens is 2. The van der Waals surface area contributed by atoms with Crippen LogP contribution in [-0.2, 0) is 0 Å². The van der Waals surface area contributed by atoms with Crippen molar-refractivity contribution in [2.75, 3.05) is 10.4 Å². The molecule has 3 rings (SSSR count). The van der Waals surface area contributed by atoms with Gasteiger partial charge in [-0.3, -0.25) is 15.3 Å². The standard InChI is InChI=1S/C18H16Cl2N6O3S/c1-10(2)30-17-15(4-3-7-21-17)25(27)16-13(20)9-22-18(24-16)23-14-6-5-11(26(28)29)8-12(14)19/h3-10,27H,1-2H3,(H,22,23,24). The Morgan fingerprint density at radius 3 is 2.67 bits per heavy atom. The molecule has 0 aliphatic carbocycles. The minimum atomic E-state index is -0.545. The Morgan fingerprint density at radius 2 is 2.00 bits per heavy atom. The number of anilines is 4. The van der Waals surface area contributed by atoms with Gasteiger partial charge in [0.1, 0.15) is 15.7 Å². The number of aromatic nitrogens is 3. The number of non-ortho nitro benzene ring substituents is 1. The Balaban J connectivity index is 1.92. The van der Waals surface area contributed by atoms with Crippen molar-refractivity contribution in [1.29, 1.82) is 0 Å². The second-order valence-corrected chi connectivity index (χ2v) is 8.60. The van der Waals surface area contributed by atoms with Gasteiger partial charge in [-0.25, -0.2) is 15.0 Å². The van der Waals surface area contributed by atoms with E-state index in [2.05, 4.69) is 20.3 Å². The van der Waals surface area contributed by atoms with Gasteiger partial charge >= 0.3 is 0 Å². The number of benzene rings is 1. The molecule has 30 heavy (non-hydrogen) atoms. The van der Waals surface area contributed by atoms with Crippen molar-refractivity contribution in [3.8, 4) is 0 Å². The molecule has 0 unspecified atom stereocenters. The van der Waals surface area contributed by atoms with Crippen LogP contribution in [0.2, 0.25) is 10.0 Å². The number of hydrogen-bond acceptors (Lipinski definition) is 9. The van der Waals surface area contributed by atoms with Crippen LogP contribution in [0.5, 0.6) is 0 Å². The average Bonchev–Trinajstić information content (AvgIpc) is 2.70. The lowest BCUT2D eigenvalue weighted by Crippen LogP contribution is -2.15. The zero-order valence-electron chi connectivity index (χ0n) is 15.8. The van der Waals surface area contributed by atoms with E-state index in [-0.39, 0.29) is 32.7 Å². The van der Waals surface area contributed by atoms with Crippen LogP contribution < -0.4 is 10.4 Å². The molecule has 0 atom stereocenters. The summed E-state index contributed by atoms with van der Waals surface area (Å²) in [5, 5.41) is 26.4. The van der Waals surface area contributed by atoms with E-state index in [1.165, 1.54) is 36.2 Å². The summed E-state index contributed by atoms with van der Waals surface area (Å²) in [5.41, 5.74) is 0.630. The number of nitro groups is 1. The van der Waals surface area contributed by atoms with Crippen LogP contribution in [0, 0.1) is 10.1 Å². The molecular weight excluding hydrogens is 451 g/mol. The summed E-state index contributed by atoms with van der Waals surface area (Å²) in [6, 6.07) is 7.33. The minimum absolute atomic E-state index is 0.0332. The first-order valence-corrected chi connectivity index (χ1v) is 10.2. The molecule has 2 N–H and O–H groups in total. The Bertz CT molecular complexity index is 1090. The fraction of sp³-hybridized carbons (Fsp3) is 0.167. The van der Waals surface area contributed by atoms with Crippen LogP contribution in [0.4, 0.5) is 28.8 Å². The summed E-state index contributed by atoms with van der Waals surface area (Å²) in [4.78, 5) is 22.9. The number of nitro benzene ring substituents is 1. The van der Waals surface area contributed by atoms with Crippen molar-refractivity contribution in [3.63, 3.8) is 0 Å². The maximum Gasteiger partial charge on any atom is 0.271 e. The highest BCUT2D eigenvalue weighted by atomic mass is 35.5. The molecule has 0 bridgehead atoms. The van der Waals surface area contributed by atoms with Gasteiger partial charge in [-0.15, -0.1) is 11.8 Å². The quantitative estimate of drug-likeness (QED) is 0.250. The molecule has 2 heterocycles. The van der Waals surface area contributed by atoms with Gasteiger partial charge in [0.25, 0.3) is 5.69 Å². The van der Waals surface area contributed by atoms with Gasteiger partial charge in [0.05, 0.1) is 21.8 Å². The zero-order valence-corrected chi connectivity index (χ0v) is 18.1. The van der Waals surface area contributed by atoms with Crippen LogP contribution in [0.1, 0.15) is 13.8 Å². The van der Waals surface area contributed by atoms with E-state index in [1.54, 1.807) is 18.3 Å². The van der Waals surface area contributed by atoms with Crippen LogP contribution >= 0.6 is 35.0 Å². The summed E-state index contributed by atoms with van der Waals surface area (Å²) in [6.07, 6.45) is 2.95. The predicted molar refractivity (Wildman–Crippen MR) is 118 cm³/mol. The van der Waals surface area contributed by atoms with Gasteiger partial charge in [-0.05, 0) is 18.2 Å². The molecule has 0 saturated heterocycles.